The van der Waals surface area contributed by atoms with Crippen molar-refractivity contribution >= 4 is 56.1 Å². The van der Waals surface area contributed by atoms with E-state index in [1.165, 1.54) is 0 Å². The maximum Gasteiger partial charge on any atom is 0.322 e. The van der Waals surface area contributed by atoms with Crippen LogP contribution < -0.4 is 21.3 Å². The molecule has 10 nitrogen and oxygen atoms in total. The number of aromatic nitrogens is 4. The first-order valence-electron chi connectivity index (χ1n) is 10.0. The highest BCUT2D eigenvalue weighted by atomic mass is 79.9. The number of hydrogen-bond acceptors (Lipinski definition) is 7. The molecular formula is C21H17BrN8O2. The fourth-order valence-electron chi connectivity index (χ4n) is 4.42. The van der Waals surface area contributed by atoms with Gasteiger partial charge in [0.15, 0.2) is 5.65 Å². The summed E-state index contributed by atoms with van der Waals surface area (Å²) >= 11 is 3.54. The first-order chi connectivity index (χ1) is 15.4. The summed E-state index contributed by atoms with van der Waals surface area (Å²) in [7, 11) is 0. The fraction of sp³-hybridized carbons (Fsp3) is 0.190. The van der Waals surface area contributed by atoms with Crippen LogP contribution in [0.25, 0.3) is 27.7 Å². The topological polar surface area (TPSA) is 131 Å². The van der Waals surface area contributed by atoms with Gasteiger partial charge in [-0.2, -0.15) is 9.61 Å². The number of anilines is 2. The Hall–Kier alpha value is -3.73. The molecule has 2 aliphatic heterocycles. The largest absolute Gasteiger partial charge is 0.383 e. The Morgan fingerprint density at radius 2 is 2.03 bits per heavy atom. The molecule has 0 aliphatic carbocycles. The molecule has 1 spiro atoms. The average Bonchev–Trinajstić information content (AvgIpc) is 3.48. The number of benzene rings is 1. The number of nitrogens with one attached hydrogen (secondary N) is 2. The summed E-state index contributed by atoms with van der Waals surface area (Å²) in [6, 6.07) is 9.46. The standard InChI is InChI=1S/C21H17BrN8O2/c22-15-16(23)30-17(13(9-25-30)12-7-11-3-1-2-4-14(11)24-8-12)26-18(15)29-6-5-21(10-29)19(31)27-20(32)28-21/h1-4,7-9H,5-6,10,23H2,(H2,27,28,31,32). The van der Waals surface area contributed by atoms with E-state index in [1.54, 1.807) is 16.9 Å². The lowest BCUT2D eigenvalue weighted by molar-refractivity contribution is -0.123. The van der Waals surface area contributed by atoms with Gasteiger partial charge < -0.3 is 16.0 Å². The molecule has 1 atom stereocenters. The lowest BCUT2D eigenvalue weighted by Crippen LogP contribution is -2.49. The molecule has 0 bridgehead atoms. The highest BCUT2D eigenvalue weighted by Crippen LogP contribution is 2.37. The van der Waals surface area contributed by atoms with Gasteiger partial charge in [-0.25, -0.2) is 9.78 Å². The highest BCUT2D eigenvalue weighted by Gasteiger charge is 2.51. The van der Waals surface area contributed by atoms with Gasteiger partial charge in [0.1, 0.15) is 21.6 Å². The summed E-state index contributed by atoms with van der Waals surface area (Å²) < 4.78 is 2.16. The van der Waals surface area contributed by atoms with Crippen molar-refractivity contribution in [2.24, 2.45) is 0 Å². The van der Waals surface area contributed by atoms with E-state index in [0.717, 1.165) is 22.0 Å². The van der Waals surface area contributed by atoms with Crippen molar-refractivity contribution in [1.29, 1.82) is 0 Å². The third-order valence-electron chi connectivity index (χ3n) is 6.09. The molecular weight excluding hydrogens is 476 g/mol. The number of nitrogens with zero attached hydrogens (tertiary/aromatic N) is 5. The number of pyridine rings is 1. The van der Waals surface area contributed by atoms with Crippen molar-refractivity contribution in [2.45, 2.75) is 12.0 Å². The fourth-order valence-corrected chi connectivity index (χ4v) is 4.93. The Bertz CT molecular complexity index is 1450. The van der Waals surface area contributed by atoms with Crippen LogP contribution in [0.5, 0.6) is 0 Å². The molecule has 3 amide bonds. The number of nitrogens with two attached hydrogens (primary N) is 1. The van der Waals surface area contributed by atoms with Gasteiger partial charge in [-0.05, 0) is 34.5 Å². The molecule has 0 radical (unpaired) electrons. The van der Waals surface area contributed by atoms with Crippen LogP contribution in [-0.2, 0) is 4.79 Å². The minimum absolute atomic E-state index is 0.298. The van der Waals surface area contributed by atoms with Crippen LogP contribution in [0.4, 0.5) is 16.4 Å². The van der Waals surface area contributed by atoms with E-state index >= 15 is 0 Å². The molecule has 32 heavy (non-hydrogen) atoms. The Morgan fingerprint density at radius 3 is 2.84 bits per heavy atom. The summed E-state index contributed by atoms with van der Waals surface area (Å²) in [6.45, 7) is 0.836. The maximum atomic E-state index is 12.4. The minimum atomic E-state index is -0.954. The van der Waals surface area contributed by atoms with Gasteiger partial charge in [0.05, 0.1) is 18.3 Å². The monoisotopic (exact) mass is 492 g/mol. The van der Waals surface area contributed by atoms with E-state index in [-0.39, 0.29) is 5.91 Å². The summed E-state index contributed by atoms with van der Waals surface area (Å²) in [5.74, 6) is 0.671. The number of para-hydroxylation sites is 1. The van der Waals surface area contributed by atoms with E-state index < -0.39 is 11.6 Å². The number of carbonyl (C=O) groups excluding carboxylic acids is 2. The summed E-state index contributed by atoms with van der Waals surface area (Å²) in [5.41, 5.74) is 8.59. The summed E-state index contributed by atoms with van der Waals surface area (Å²) in [4.78, 5) is 35.4. The number of fused-ring (bicyclic) bond motifs is 2. The van der Waals surface area contributed by atoms with Gasteiger partial charge in [0.25, 0.3) is 5.91 Å². The Labute approximate surface area is 189 Å². The Morgan fingerprint density at radius 1 is 1.19 bits per heavy atom. The van der Waals surface area contributed by atoms with Crippen LogP contribution in [0.1, 0.15) is 6.42 Å². The Balaban J connectivity index is 1.45. The molecule has 4 aromatic rings. The summed E-state index contributed by atoms with van der Waals surface area (Å²) in [6.07, 6.45) is 3.99. The highest BCUT2D eigenvalue weighted by molar-refractivity contribution is 9.10. The van der Waals surface area contributed by atoms with Crippen molar-refractivity contribution in [2.75, 3.05) is 23.7 Å². The number of amides is 3. The lowest BCUT2D eigenvalue weighted by atomic mass is 10.00. The van der Waals surface area contributed by atoms with Gasteiger partial charge in [-0.1, -0.05) is 18.2 Å². The van der Waals surface area contributed by atoms with Gasteiger partial charge in [0.2, 0.25) is 0 Å². The zero-order chi connectivity index (χ0) is 22.0. The van der Waals surface area contributed by atoms with Gasteiger partial charge in [0, 0.05) is 29.3 Å². The van der Waals surface area contributed by atoms with Crippen molar-refractivity contribution in [3.05, 3.63) is 47.2 Å². The SMILES string of the molecule is Nc1c(Br)c(N2CCC3(C2)NC(=O)NC3=O)nc2c(-c3cnc4ccccc4c3)cnn12. The van der Waals surface area contributed by atoms with Crippen molar-refractivity contribution in [1.82, 2.24) is 30.2 Å². The summed E-state index contributed by atoms with van der Waals surface area (Å²) in [5, 5.41) is 10.5. The molecule has 0 saturated carbocycles. The molecule has 3 aromatic heterocycles. The number of carbonyl (C=O) groups is 2. The van der Waals surface area contributed by atoms with Crippen molar-refractivity contribution < 1.29 is 9.59 Å². The Kier molecular flexibility index (Phi) is 3.94. The molecule has 2 aliphatic rings. The van der Waals surface area contributed by atoms with Gasteiger partial charge in [-0.15, -0.1) is 0 Å². The molecule has 11 heteroatoms. The van der Waals surface area contributed by atoms with E-state index in [4.69, 9.17) is 10.7 Å². The third kappa shape index (κ3) is 2.67. The van der Waals surface area contributed by atoms with E-state index in [1.807, 2.05) is 35.2 Å². The number of halogens is 1. The molecule has 4 N–H and O–H groups in total. The van der Waals surface area contributed by atoms with Crippen molar-refractivity contribution in [3.63, 3.8) is 0 Å². The number of imide groups is 1. The number of urea groups is 1. The molecule has 6 rings (SSSR count). The predicted octanol–water partition coefficient (Wildman–Crippen LogP) is 2.08. The van der Waals surface area contributed by atoms with Crippen LogP contribution in [0, 0.1) is 0 Å². The van der Waals surface area contributed by atoms with Gasteiger partial charge in [-0.3, -0.25) is 15.1 Å². The molecule has 160 valence electrons. The van der Waals surface area contributed by atoms with Crippen molar-refractivity contribution in [3.8, 4) is 11.1 Å². The second-order valence-corrected chi connectivity index (χ2v) is 8.80. The zero-order valence-corrected chi connectivity index (χ0v) is 18.3. The van der Waals surface area contributed by atoms with E-state index in [9.17, 15) is 9.59 Å². The normalized spacial score (nSPS) is 20.5. The number of rotatable bonds is 2. The average molecular weight is 493 g/mol. The van der Waals surface area contributed by atoms with Crippen LogP contribution >= 0.6 is 15.9 Å². The molecule has 1 unspecified atom stereocenters. The van der Waals surface area contributed by atoms with Crippen LogP contribution in [0.3, 0.4) is 0 Å². The van der Waals surface area contributed by atoms with Crippen LogP contribution in [0.2, 0.25) is 0 Å². The van der Waals surface area contributed by atoms with E-state index in [2.05, 4.69) is 36.6 Å². The maximum absolute atomic E-state index is 12.4. The van der Waals surface area contributed by atoms with E-state index in [0.29, 0.717) is 41.3 Å². The second kappa shape index (κ2) is 6.63. The van der Waals surface area contributed by atoms with Crippen LogP contribution in [0.15, 0.2) is 47.2 Å². The zero-order valence-electron chi connectivity index (χ0n) is 16.7. The minimum Gasteiger partial charge on any atom is -0.383 e. The first-order valence-corrected chi connectivity index (χ1v) is 10.8. The third-order valence-corrected chi connectivity index (χ3v) is 6.85. The van der Waals surface area contributed by atoms with Gasteiger partial charge >= 0.3 is 6.03 Å². The molecule has 2 saturated heterocycles. The van der Waals surface area contributed by atoms with Crippen LogP contribution in [-0.4, -0.2) is 50.1 Å². The second-order valence-electron chi connectivity index (χ2n) is 8.01. The lowest BCUT2D eigenvalue weighted by Gasteiger charge is -2.23. The number of hydrogen-bond donors (Lipinski definition) is 3. The smallest absolute Gasteiger partial charge is 0.322 e. The number of nitrogen functional groups attached to an aromatic ring is 1. The molecule has 5 heterocycles. The molecule has 1 aromatic carbocycles. The molecule has 2 fully saturated rings. The first kappa shape index (κ1) is 19.0. The quantitative estimate of drug-likeness (QED) is 0.365. The predicted molar refractivity (Wildman–Crippen MR) is 122 cm³/mol.